The summed E-state index contributed by atoms with van der Waals surface area (Å²) in [4.78, 5) is 47.8. The number of aliphatic hydroxyl groups excluding tert-OH is 3. The van der Waals surface area contributed by atoms with Crippen LogP contribution in [0.3, 0.4) is 0 Å². The number of amides is 3. The zero-order chi connectivity index (χ0) is 50.9. The molecule has 14 atom stereocenters. The van der Waals surface area contributed by atoms with Crippen LogP contribution in [0.1, 0.15) is 144 Å². The second kappa shape index (κ2) is 25.9. The summed E-state index contributed by atoms with van der Waals surface area (Å²) in [6.45, 7) is 12.2. The lowest BCUT2D eigenvalue weighted by atomic mass is 9.75. The monoisotopic (exact) mass is 994 g/mol. The van der Waals surface area contributed by atoms with Crippen LogP contribution in [0.4, 0.5) is 4.79 Å². The molecule has 4 aliphatic heterocycles. The molecule has 4 fully saturated rings. The maximum Gasteiger partial charge on any atom is 0.407 e. The summed E-state index contributed by atoms with van der Waals surface area (Å²) < 4.78 is 4.85. The number of alkyl carbamates (subject to hydrolysis) is 1. The maximum atomic E-state index is 14.0. The first-order valence-corrected chi connectivity index (χ1v) is 28.1. The van der Waals surface area contributed by atoms with E-state index < -0.39 is 42.9 Å². The summed E-state index contributed by atoms with van der Waals surface area (Å²) >= 11 is 0. The van der Waals surface area contributed by atoms with Crippen LogP contribution in [0.2, 0.25) is 0 Å². The first-order valence-electron chi connectivity index (χ1n) is 28.1. The third-order valence-electron chi connectivity index (χ3n) is 17.8. The van der Waals surface area contributed by atoms with Crippen molar-refractivity contribution in [2.24, 2.45) is 35.5 Å². The van der Waals surface area contributed by atoms with Crippen molar-refractivity contribution in [3.8, 4) is 0 Å². The van der Waals surface area contributed by atoms with Crippen LogP contribution in [0, 0.1) is 35.5 Å². The lowest BCUT2D eigenvalue weighted by Crippen LogP contribution is -2.58. The Kier molecular flexibility index (Phi) is 20.3. The van der Waals surface area contributed by atoms with E-state index in [0.717, 1.165) is 70.0 Å². The van der Waals surface area contributed by atoms with Gasteiger partial charge in [0.15, 0.2) is 0 Å². The molecule has 16 nitrogen and oxygen atoms in total. The Balaban J connectivity index is 0.995. The van der Waals surface area contributed by atoms with Crippen molar-refractivity contribution >= 4 is 17.9 Å². The Morgan fingerprint density at radius 1 is 0.775 bits per heavy atom. The lowest BCUT2D eigenvalue weighted by molar-refractivity contribution is -0.133. The van der Waals surface area contributed by atoms with Crippen LogP contribution in [-0.4, -0.2) is 167 Å². The van der Waals surface area contributed by atoms with Crippen LogP contribution in [0.25, 0.3) is 0 Å². The number of methoxy groups -OCH3 is 1. The minimum atomic E-state index is -0.952. The Morgan fingerprint density at radius 3 is 2.07 bits per heavy atom. The fraction of sp³-hybridized carbons (Fsp3) is 0.836. The van der Waals surface area contributed by atoms with Crippen molar-refractivity contribution in [1.82, 2.24) is 46.2 Å². The van der Waals surface area contributed by atoms with Gasteiger partial charge in [0.2, 0.25) is 11.8 Å². The zero-order valence-electron chi connectivity index (χ0n) is 44.7. The molecule has 0 aromatic rings. The molecular formula is C55H95N9O7. The van der Waals surface area contributed by atoms with Gasteiger partial charge in [0.05, 0.1) is 37.4 Å². The van der Waals surface area contributed by atoms with Crippen molar-refractivity contribution < 1.29 is 34.4 Å². The molecule has 0 aromatic carbocycles. The van der Waals surface area contributed by atoms with Gasteiger partial charge in [-0.15, -0.1) is 0 Å². The standard InChI is InChI=1S/C55H95N9O7/c1-9-12-48(65)59-49(34(2)3)53(68)62-31-10-13-45(62)51(66)57-40-22-15-37(16-23-40)43-28-29-44(64(43)42-26-19-36(20-27-42)39-21-30-47(56-33-39)61(6)7)38-17-24-41(25-18-38)58-52(67)46-14-11-32-63(46)54(69)50(35(4)5)60-55(70)71-8/h15,21-22,24,30,34-40,42-47,49-50,52-54,56,58,67-69H,9-14,16-20,23,25-29,31-33H2,1-8H3,(H,57,66)(H,59,65)(H,60,70)/t36-,37-,38+,39?,40+,42+,43?,44?,45-,46-,47?,49-,50-,52-,53-,54-/m0/s1. The second-order valence-electron chi connectivity index (χ2n) is 23.4. The van der Waals surface area contributed by atoms with Gasteiger partial charge in [-0.1, -0.05) is 65.0 Å². The molecule has 8 N–H and O–H groups in total. The summed E-state index contributed by atoms with van der Waals surface area (Å²) in [7, 11) is 5.58. The molecule has 0 radical (unpaired) electrons. The minimum Gasteiger partial charge on any atom is -0.453 e. The number of aliphatic hydroxyl groups is 3. The summed E-state index contributed by atoms with van der Waals surface area (Å²) in [5.41, 5.74) is 1.08. The molecule has 3 saturated heterocycles. The summed E-state index contributed by atoms with van der Waals surface area (Å²) in [5.74, 6) is 2.09. The van der Waals surface area contributed by atoms with Crippen LogP contribution in [0.5, 0.6) is 0 Å². The van der Waals surface area contributed by atoms with E-state index >= 15 is 0 Å². The summed E-state index contributed by atoms with van der Waals surface area (Å²) in [5, 5.41) is 51.2. The Morgan fingerprint density at radius 2 is 1.45 bits per heavy atom. The quantitative estimate of drug-likeness (QED) is 0.0603. The van der Waals surface area contributed by atoms with Crippen LogP contribution >= 0.6 is 0 Å². The number of likely N-dealkylation sites (N-methyl/N-ethyl adjacent to an activating group) is 1. The van der Waals surface area contributed by atoms with Crippen LogP contribution in [-0.2, 0) is 14.3 Å². The highest BCUT2D eigenvalue weighted by molar-refractivity contribution is 5.82. The lowest BCUT2D eigenvalue weighted by Gasteiger charge is -2.47. The molecule has 4 unspecified atom stereocenters. The smallest absolute Gasteiger partial charge is 0.407 e. The average molecular weight is 994 g/mol. The van der Waals surface area contributed by atoms with E-state index in [9.17, 15) is 29.7 Å². The van der Waals surface area contributed by atoms with E-state index in [2.05, 4.69) is 80.9 Å². The molecule has 7 rings (SSSR count). The van der Waals surface area contributed by atoms with Crippen molar-refractivity contribution in [2.45, 2.75) is 217 Å². The molecule has 71 heavy (non-hydrogen) atoms. The molecule has 0 aromatic heterocycles. The Bertz CT molecular complexity index is 1820. The highest BCUT2D eigenvalue weighted by atomic mass is 16.5. The first-order chi connectivity index (χ1) is 34.1. The minimum absolute atomic E-state index is 0.0166. The molecule has 402 valence electrons. The number of allylic oxidation sites excluding steroid dienone is 2. The third kappa shape index (κ3) is 13.8. The van der Waals surface area contributed by atoms with Gasteiger partial charge in [-0.25, -0.2) is 4.79 Å². The van der Waals surface area contributed by atoms with E-state index in [4.69, 9.17) is 4.74 Å². The predicted octanol–water partition coefficient (Wildman–Crippen LogP) is 4.97. The molecular weight excluding hydrogens is 899 g/mol. The fourth-order valence-electron chi connectivity index (χ4n) is 13.8. The van der Waals surface area contributed by atoms with Crippen molar-refractivity contribution in [3.63, 3.8) is 0 Å². The normalized spacial score (nSPS) is 34.2. The van der Waals surface area contributed by atoms with E-state index in [0.29, 0.717) is 73.9 Å². The van der Waals surface area contributed by atoms with Crippen molar-refractivity contribution in [1.29, 1.82) is 0 Å². The fourth-order valence-corrected chi connectivity index (χ4v) is 13.8. The van der Waals surface area contributed by atoms with E-state index in [1.807, 2.05) is 44.4 Å². The first kappa shape index (κ1) is 55.7. The molecule has 7 aliphatic rings. The number of hydrogen-bond acceptors (Lipinski definition) is 13. The number of ether oxygens (including phenoxy) is 1. The molecule has 0 spiro atoms. The zero-order valence-corrected chi connectivity index (χ0v) is 44.7. The summed E-state index contributed by atoms with van der Waals surface area (Å²) in [6.07, 6.45) is 25.2. The SMILES string of the molecule is CCCC(=O)N[C@@H](C(C)C)[C@H](O)N1CCC[C@H]1C(=O)N[C@@H]1C=C[C@H](C2CCC([C@@H]3CC=C(N[C@@H](O)[C@@H]4CCCN4[C@@H](O)[C@@H](NC(=O)OC)C(C)C)CC3)N2[C@H]2CC[C@@H](C3C=CC(N(C)C)NC3)CC2)CC1. The molecule has 3 aliphatic carbocycles. The Hall–Kier alpha value is -3.09. The molecule has 1 saturated carbocycles. The van der Waals surface area contributed by atoms with Gasteiger partial charge in [-0.05, 0) is 152 Å². The van der Waals surface area contributed by atoms with Gasteiger partial charge in [-0.3, -0.25) is 34.5 Å². The Labute approximate surface area is 426 Å². The van der Waals surface area contributed by atoms with Gasteiger partial charge in [0.25, 0.3) is 0 Å². The molecule has 16 heteroatoms. The van der Waals surface area contributed by atoms with Gasteiger partial charge >= 0.3 is 6.09 Å². The summed E-state index contributed by atoms with van der Waals surface area (Å²) in [6, 6.07) is -0.256. The highest BCUT2D eigenvalue weighted by Crippen LogP contribution is 2.45. The number of rotatable bonds is 20. The van der Waals surface area contributed by atoms with Gasteiger partial charge in [0, 0.05) is 55.9 Å². The third-order valence-corrected chi connectivity index (χ3v) is 17.8. The molecule has 0 bridgehead atoms. The van der Waals surface area contributed by atoms with E-state index in [1.54, 1.807) is 0 Å². The molecule has 3 amide bonds. The van der Waals surface area contributed by atoms with Crippen LogP contribution < -0.4 is 26.6 Å². The van der Waals surface area contributed by atoms with E-state index in [-0.39, 0.29) is 35.7 Å². The van der Waals surface area contributed by atoms with E-state index in [1.165, 1.54) is 45.6 Å². The molecule has 4 heterocycles. The number of nitrogens with zero attached hydrogens (tertiary/aromatic N) is 4. The maximum absolute atomic E-state index is 14.0. The van der Waals surface area contributed by atoms with Gasteiger partial charge in [0.1, 0.15) is 18.7 Å². The largest absolute Gasteiger partial charge is 0.453 e. The second-order valence-corrected chi connectivity index (χ2v) is 23.4. The van der Waals surface area contributed by atoms with Crippen molar-refractivity contribution in [3.05, 3.63) is 36.1 Å². The number of carbonyl (C=O) groups is 3. The van der Waals surface area contributed by atoms with Gasteiger partial charge < -0.3 is 41.3 Å². The average Bonchev–Trinajstić information content (AvgIpc) is 4.17. The van der Waals surface area contributed by atoms with Crippen LogP contribution in [0.15, 0.2) is 36.1 Å². The van der Waals surface area contributed by atoms with Gasteiger partial charge in [-0.2, -0.15) is 0 Å². The number of hydrogen-bond donors (Lipinski definition) is 8. The number of likely N-dealkylation sites (tertiary alicyclic amines) is 3. The number of carbonyl (C=O) groups excluding carboxylic acids is 3. The topological polar surface area (TPSA) is 194 Å². The highest BCUT2D eigenvalue weighted by Gasteiger charge is 2.47. The number of nitrogens with one attached hydrogen (secondary N) is 5. The predicted molar refractivity (Wildman–Crippen MR) is 278 cm³/mol. The van der Waals surface area contributed by atoms with Crippen molar-refractivity contribution in [2.75, 3.05) is 40.8 Å².